The van der Waals surface area contributed by atoms with Gasteiger partial charge in [0.05, 0.1) is 0 Å². The second-order valence-corrected chi connectivity index (χ2v) is 6.28. The summed E-state index contributed by atoms with van der Waals surface area (Å²) in [5.41, 5.74) is 1.49. The highest BCUT2D eigenvalue weighted by Gasteiger charge is 1.95. The van der Waals surface area contributed by atoms with Gasteiger partial charge in [-0.1, -0.05) is 94.7 Å². The molecule has 1 heteroatoms. The third kappa shape index (κ3) is 11.4. The van der Waals surface area contributed by atoms with E-state index >= 15 is 0 Å². The maximum absolute atomic E-state index is 3.66. The van der Waals surface area contributed by atoms with Gasteiger partial charge in [-0.05, 0) is 31.0 Å². The Bertz CT molecular complexity index is 344. The van der Waals surface area contributed by atoms with Crippen molar-refractivity contribution in [2.75, 3.05) is 6.54 Å². The van der Waals surface area contributed by atoms with Crippen LogP contribution in [0.4, 0.5) is 0 Å². The predicted molar refractivity (Wildman–Crippen MR) is 99.1 cm³/mol. The van der Waals surface area contributed by atoms with Crippen molar-refractivity contribution in [1.82, 2.24) is 5.32 Å². The van der Waals surface area contributed by atoms with E-state index < -0.39 is 0 Å². The molecule has 0 aliphatic rings. The van der Waals surface area contributed by atoms with E-state index in [9.17, 15) is 0 Å². The largest absolute Gasteiger partial charge is 0.391 e. The molecule has 1 aromatic rings. The molecule has 0 radical (unpaired) electrons. The van der Waals surface area contributed by atoms with Crippen LogP contribution in [0.3, 0.4) is 0 Å². The van der Waals surface area contributed by atoms with Crippen LogP contribution in [0.15, 0.2) is 43.1 Å². The molecule has 0 saturated carbocycles. The first kappa shape index (κ1) is 18.8. The average Bonchev–Trinajstić information content (AvgIpc) is 2.56. The molecule has 0 spiro atoms. The second-order valence-electron chi connectivity index (χ2n) is 6.28. The van der Waals surface area contributed by atoms with Gasteiger partial charge in [-0.25, -0.2) is 0 Å². The molecule has 124 valence electrons. The van der Waals surface area contributed by atoms with E-state index in [2.05, 4.69) is 42.2 Å². The van der Waals surface area contributed by atoms with E-state index in [1.54, 1.807) is 6.20 Å². The third-order valence-electron chi connectivity index (χ3n) is 4.27. The monoisotopic (exact) mass is 301 g/mol. The van der Waals surface area contributed by atoms with Gasteiger partial charge in [-0.3, -0.25) is 0 Å². The topological polar surface area (TPSA) is 12.0 Å². The molecule has 0 unspecified atom stereocenters. The molecule has 1 rings (SSSR count). The summed E-state index contributed by atoms with van der Waals surface area (Å²) < 4.78 is 0. The molecular weight excluding hydrogens is 266 g/mol. The zero-order chi connectivity index (χ0) is 15.7. The number of benzene rings is 1. The average molecular weight is 302 g/mol. The van der Waals surface area contributed by atoms with E-state index in [0.29, 0.717) is 0 Å². The van der Waals surface area contributed by atoms with E-state index in [4.69, 9.17) is 0 Å². The minimum absolute atomic E-state index is 1.09. The molecule has 22 heavy (non-hydrogen) atoms. The minimum atomic E-state index is 1.09. The van der Waals surface area contributed by atoms with Gasteiger partial charge >= 0.3 is 0 Å². The van der Waals surface area contributed by atoms with Crippen molar-refractivity contribution in [3.63, 3.8) is 0 Å². The molecule has 0 amide bonds. The smallest absolute Gasteiger partial charge is 0.0141 e. The molecule has 0 fully saturated rings. The van der Waals surface area contributed by atoms with Gasteiger partial charge in [-0.15, -0.1) is 0 Å². The Labute approximate surface area is 138 Å². The highest BCUT2D eigenvalue weighted by molar-refractivity contribution is 5.14. The van der Waals surface area contributed by atoms with Crippen LogP contribution in [0.25, 0.3) is 0 Å². The standard InChI is InChI=1S/C21H35N/c1-2-22-20-16-11-9-7-5-3-4-6-8-10-13-17-21-18-14-12-15-19-21/h2,12,14-15,18-19,22H,1,3-11,13,16-17,20H2. The van der Waals surface area contributed by atoms with E-state index in [1.165, 1.54) is 82.6 Å². The molecule has 0 saturated heterocycles. The van der Waals surface area contributed by atoms with Gasteiger partial charge in [-0.2, -0.15) is 0 Å². The molecule has 0 heterocycles. The van der Waals surface area contributed by atoms with Crippen LogP contribution in [0.2, 0.25) is 0 Å². The summed E-state index contributed by atoms with van der Waals surface area (Å²) in [6.07, 6.45) is 18.4. The zero-order valence-corrected chi connectivity index (χ0v) is 14.4. The Kier molecular flexibility index (Phi) is 12.6. The number of aryl methyl sites for hydroxylation is 1. The van der Waals surface area contributed by atoms with Gasteiger partial charge < -0.3 is 5.32 Å². The lowest BCUT2D eigenvalue weighted by Crippen LogP contribution is -2.05. The molecule has 0 aliphatic carbocycles. The van der Waals surface area contributed by atoms with Crippen LogP contribution < -0.4 is 5.32 Å². The Balaban J connectivity index is 1.74. The van der Waals surface area contributed by atoms with Crippen LogP contribution in [0.1, 0.15) is 76.2 Å². The molecule has 0 bridgehead atoms. The van der Waals surface area contributed by atoms with Crippen molar-refractivity contribution < 1.29 is 0 Å². The number of rotatable bonds is 15. The fourth-order valence-electron chi connectivity index (χ4n) is 2.89. The van der Waals surface area contributed by atoms with Crippen molar-refractivity contribution in [2.45, 2.75) is 77.0 Å². The van der Waals surface area contributed by atoms with Crippen LogP contribution >= 0.6 is 0 Å². The first-order valence-electron chi connectivity index (χ1n) is 9.31. The van der Waals surface area contributed by atoms with Gasteiger partial charge in [0.15, 0.2) is 0 Å². The SMILES string of the molecule is C=CNCCCCCCCCCCCCCc1ccccc1. The molecular formula is C21H35N. The van der Waals surface area contributed by atoms with Crippen molar-refractivity contribution >= 4 is 0 Å². The van der Waals surface area contributed by atoms with Gasteiger partial charge in [0, 0.05) is 6.54 Å². The highest BCUT2D eigenvalue weighted by atomic mass is 14.8. The number of unbranched alkanes of at least 4 members (excludes halogenated alkanes) is 10. The second kappa shape index (κ2) is 14.7. The van der Waals surface area contributed by atoms with Crippen LogP contribution in [-0.2, 0) is 6.42 Å². The third-order valence-corrected chi connectivity index (χ3v) is 4.27. The predicted octanol–water partition coefficient (Wildman–Crippen LogP) is 6.25. The maximum Gasteiger partial charge on any atom is 0.0141 e. The van der Waals surface area contributed by atoms with E-state index in [0.717, 1.165) is 6.54 Å². The lowest BCUT2D eigenvalue weighted by atomic mass is 10.0. The summed E-state index contributed by atoms with van der Waals surface area (Å²) in [4.78, 5) is 0. The summed E-state index contributed by atoms with van der Waals surface area (Å²) in [6, 6.07) is 10.9. The highest BCUT2D eigenvalue weighted by Crippen LogP contribution is 2.12. The first-order chi connectivity index (χ1) is 10.9. The molecule has 0 atom stereocenters. The van der Waals surface area contributed by atoms with Crippen molar-refractivity contribution in [3.8, 4) is 0 Å². The Morgan fingerprint density at radius 1 is 0.682 bits per heavy atom. The lowest BCUT2D eigenvalue weighted by molar-refractivity contribution is 0.543. The van der Waals surface area contributed by atoms with E-state index in [-0.39, 0.29) is 0 Å². The number of hydrogen-bond donors (Lipinski definition) is 1. The normalized spacial score (nSPS) is 10.5. The molecule has 0 aromatic heterocycles. The molecule has 1 nitrogen and oxygen atoms in total. The molecule has 0 aliphatic heterocycles. The Morgan fingerprint density at radius 3 is 1.73 bits per heavy atom. The summed E-state index contributed by atoms with van der Waals surface area (Å²) in [6.45, 7) is 4.75. The summed E-state index contributed by atoms with van der Waals surface area (Å²) in [7, 11) is 0. The van der Waals surface area contributed by atoms with Gasteiger partial charge in [0.1, 0.15) is 0 Å². The minimum Gasteiger partial charge on any atom is -0.391 e. The summed E-state index contributed by atoms with van der Waals surface area (Å²) in [5, 5.41) is 3.16. The summed E-state index contributed by atoms with van der Waals surface area (Å²) >= 11 is 0. The van der Waals surface area contributed by atoms with Gasteiger partial charge in [0.25, 0.3) is 0 Å². The molecule has 1 N–H and O–H groups in total. The Morgan fingerprint density at radius 2 is 1.18 bits per heavy atom. The van der Waals surface area contributed by atoms with E-state index in [1.807, 2.05) is 0 Å². The fraction of sp³-hybridized carbons (Fsp3) is 0.619. The van der Waals surface area contributed by atoms with Crippen molar-refractivity contribution in [1.29, 1.82) is 0 Å². The fourth-order valence-corrected chi connectivity index (χ4v) is 2.89. The molecule has 1 aromatic carbocycles. The Hall–Kier alpha value is -1.24. The van der Waals surface area contributed by atoms with Crippen LogP contribution in [0.5, 0.6) is 0 Å². The summed E-state index contributed by atoms with van der Waals surface area (Å²) in [5.74, 6) is 0. The maximum atomic E-state index is 3.66. The lowest BCUT2D eigenvalue weighted by Gasteiger charge is -2.04. The first-order valence-corrected chi connectivity index (χ1v) is 9.31. The van der Waals surface area contributed by atoms with Crippen molar-refractivity contribution in [2.24, 2.45) is 0 Å². The van der Waals surface area contributed by atoms with Crippen LogP contribution in [-0.4, -0.2) is 6.54 Å². The number of hydrogen-bond acceptors (Lipinski definition) is 1. The zero-order valence-electron chi connectivity index (χ0n) is 14.4. The van der Waals surface area contributed by atoms with Crippen LogP contribution in [0, 0.1) is 0 Å². The number of nitrogens with one attached hydrogen (secondary N) is 1. The van der Waals surface area contributed by atoms with Gasteiger partial charge in [0.2, 0.25) is 0 Å². The van der Waals surface area contributed by atoms with Crippen molar-refractivity contribution in [3.05, 3.63) is 48.7 Å². The quantitative estimate of drug-likeness (QED) is 0.377.